The number of hydrogen-bond donors (Lipinski definition) is 0. The van der Waals surface area contributed by atoms with E-state index < -0.39 is 0 Å². The van der Waals surface area contributed by atoms with Gasteiger partial charge in [0.05, 0.1) is 12.9 Å². The Morgan fingerprint density at radius 2 is 1.88 bits per heavy atom. The van der Waals surface area contributed by atoms with E-state index in [0.717, 1.165) is 16.2 Å². The highest BCUT2D eigenvalue weighted by atomic mass is 32.2. The van der Waals surface area contributed by atoms with Gasteiger partial charge in [-0.2, -0.15) is 4.98 Å². The fourth-order valence-electron chi connectivity index (χ4n) is 2.02. The monoisotopic (exact) mass is 356 g/mol. The summed E-state index contributed by atoms with van der Waals surface area (Å²) in [6.07, 6.45) is 0. The molecule has 0 atom stereocenters. The number of hydrogen-bond acceptors (Lipinski definition) is 7. The molecule has 1 heterocycles. The summed E-state index contributed by atoms with van der Waals surface area (Å²) in [7, 11) is 1.61. The number of carbonyl (C=O) groups is 1. The first-order valence-electron chi connectivity index (χ1n) is 7.55. The molecule has 3 aromatic rings. The van der Waals surface area contributed by atoms with E-state index in [1.165, 1.54) is 11.8 Å². The number of ether oxygens (including phenoxy) is 2. The summed E-state index contributed by atoms with van der Waals surface area (Å²) in [5.74, 6) is 1.37. The molecule has 128 valence electrons. The largest absolute Gasteiger partial charge is 0.497 e. The topological polar surface area (TPSA) is 74.5 Å². The van der Waals surface area contributed by atoms with Gasteiger partial charge in [0.15, 0.2) is 6.61 Å². The lowest BCUT2D eigenvalue weighted by Crippen LogP contribution is -2.07. The predicted octanol–water partition coefficient (Wildman–Crippen LogP) is 3.58. The Kier molecular flexibility index (Phi) is 5.69. The van der Waals surface area contributed by atoms with Crippen LogP contribution in [-0.2, 0) is 16.1 Å². The van der Waals surface area contributed by atoms with Crippen molar-refractivity contribution in [2.45, 2.75) is 11.5 Å². The van der Waals surface area contributed by atoms with Crippen molar-refractivity contribution in [2.75, 3.05) is 12.9 Å². The predicted molar refractivity (Wildman–Crippen MR) is 93.2 cm³/mol. The number of esters is 1. The van der Waals surface area contributed by atoms with Crippen LogP contribution in [0.15, 0.2) is 64.0 Å². The molecule has 0 saturated carbocycles. The molecule has 3 rings (SSSR count). The molecule has 0 aliphatic rings. The van der Waals surface area contributed by atoms with Crippen molar-refractivity contribution in [1.29, 1.82) is 0 Å². The Labute approximate surface area is 149 Å². The smallest absolute Gasteiger partial charge is 0.316 e. The van der Waals surface area contributed by atoms with Gasteiger partial charge in [0, 0.05) is 10.5 Å². The van der Waals surface area contributed by atoms with Crippen molar-refractivity contribution in [3.8, 4) is 17.1 Å². The van der Waals surface area contributed by atoms with E-state index in [9.17, 15) is 4.79 Å². The molecule has 0 bridgehead atoms. The van der Waals surface area contributed by atoms with E-state index in [0.29, 0.717) is 5.82 Å². The van der Waals surface area contributed by atoms with E-state index in [1.54, 1.807) is 7.11 Å². The maximum atomic E-state index is 11.8. The number of methoxy groups -OCH3 is 1. The Bertz CT molecular complexity index is 819. The van der Waals surface area contributed by atoms with Crippen molar-refractivity contribution in [3.05, 3.63) is 60.5 Å². The fraction of sp³-hybridized carbons (Fsp3) is 0.167. The molecule has 0 N–H and O–H groups in total. The van der Waals surface area contributed by atoms with Crippen LogP contribution in [0, 0.1) is 0 Å². The summed E-state index contributed by atoms with van der Waals surface area (Å²) in [6.45, 7) is -0.0398. The minimum Gasteiger partial charge on any atom is -0.497 e. The molecule has 0 saturated heterocycles. The number of aromatic nitrogens is 2. The molecule has 7 heteroatoms. The highest BCUT2D eigenvalue weighted by Crippen LogP contribution is 2.21. The van der Waals surface area contributed by atoms with Crippen molar-refractivity contribution in [1.82, 2.24) is 10.1 Å². The maximum Gasteiger partial charge on any atom is 0.316 e. The van der Waals surface area contributed by atoms with Crippen LogP contribution < -0.4 is 4.74 Å². The van der Waals surface area contributed by atoms with Crippen LogP contribution >= 0.6 is 11.8 Å². The third kappa shape index (κ3) is 4.84. The van der Waals surface area contributed by atoms with E-state index in [4.69, 9.17) is 14.0 Å². The number of carbonyl (C=O) groups excluding carboxylic acids is 1. The Balaban J connectivity index is 1.46. The normalized spacial score (nSPS) is 10.4. The molecule has 0 aliphatic carbocycles. The molecule has 0 spiro atoms. The molecular weight excluding hydrogens is 340 g/mol. The lowest BCUT2D eigenvalue weighted by atomic mass is 10.2. The molecule has 0 fully saturated rings. The van der Waals surface area contributed by atoms with Crippen LogP contribution in [0.5, 0.6) is 5.75 Å². The maximum absolute atomic E-state index is 11.8. The number of nitrogens with zero attached hydrogens (tertiary/aromatic N) is 2. The summed E-state index contributed by atoms with van der Waals surface area (Å²) >= 11 is 1.39. The number of benzene rings is 2. The van der Waals surface area contributed by atoms with Gasteiger partial charge in [0.2, 0.25) is 5.82 Å². The SMILES string of the molecule is COc1ccc(SCC(=O)OCc2nc(-c3ccccc3)no2)cc1. The molecule has 0 amide bonds. The van der Waals surface area contributed by atoms with Crippen LogP contribution in [0.4, 0.5) is 0 Å². The number of thioether (sulfide) groups is 1. The second-order valence-corrected chi connectivity index (χ2v) is 6.05. The van der Waals surface area contributed by atoms with Gasteiger partial charge in [-0.1, -0.05) is 35.5 Å². The van der Waals surface area contributed by atoms with E-state index in [1.807, 2.05) is 54.6 Å². The molecule has 0 radical (unpaired) electrons. The third-order valence-electron chi connectivity index (χ3n) is 3.27. The van der Waals surface area contributed by atoms with Gasteiger partial charge < -0.3 is 14.0 Å². The second kappa shape index (κ2) is 8.34. The minimum absolute atomic E-state index is 0.0398. The zero-order chi connectivity index (χ0) is 17.5. The second-order valence-electron chi connectivity index (χ2n) is 5.00. The van der Waals surface area contributed by atoms with Gasteiger partial charge in [0.25, 0.3) is 5.89 Å². The van der Waals surface area contributed by atoms with Gasteiger partial charge in [0.1, 0.15) is 5.75 Å². The van der Waals surface area contributed by atoms with Crippen molar-refractivity contribution >= 4 is 17.7 Å². The van der Waals surface area contributed by atoms with Crippen LogP contribution in [0.25, 0.3) is 11.4 Å². The molecule has 25 heavy (non-hydrogen) atoms. The summed E-state index contributed by atoms with van der Waals surface area (Å²) in [6, 6.07) is 16.9. The van der Waals surface area contributed by atoms with Crippen LogP contribution in [0.1, 0.15) is 5.89 Å². The molecular formula is C18H16N2O4S. The molecule has 0 aliphatic heterocycles. The van der Waals surface area contributed by atoms with Gasteiger partial charge >= 0.3 is 5.97 Å². The van der Waals surface area contributed by atoms with Gasteiger partial charge in [-0.05, 0) is 24.3 Å². The third-order valence-corrected chi connectivity index (χ3v) is 4.26. The summed E-state index contributed by atoms with van der Waals surface area (Å²) in [5, 5.41) is 3.88. The molecule has 0 unspecified atom stereocenters. The summed E-state index contributed by atoms with van der Waals surface area (Å²) < 4.78 is 15.4. The van der Waals surface area contributed by atoms with Crippen molar-refractivity contribution in [2.24, 2.45) is 0 Å². The zero-order valence-electron chi connectivity index (χ0n) is 13.5. The Morgan fingerprint density at radius 3 is 2.60 bits per heavy atom. The fourth-order valence-corrected chi connectivity index (χ4v) is 2.71. The van der Waals surface area contributed by atoms with Crippen molar-refractivity contribution < 1.29 is 18.8 Å². The van der Waals surface area contributed by atoms with Gasteiger partial charge in [-0.15, -0.1) is 11.8 Å². The minimum atomic E-state index is -0.347. The highest BCUT2D eigenvalue weighted by Gasteiger charge is 2.11. The lowest BCUT2D eigenvalue weighted by Gasteiger charge is -2.03. The lowest BCUT2D eigenvalue weighted by molar-refractivity contribution is -0.142. The standard InChI is InChI=1S/C18H16N2O4S/c1-22-14-7-9-15(10-8-14)25-12-17(21)23-11-16-19-18(20-24-16)13-5-3-2-4-6-13/h2-10H,11-12H2,1H3. The average molecular weight is 356 g/mol. The van der Waals surface area contributed by atoms with Crippen LogP contribution in [-0.4, -0.2) is 29.0 Å². The summed E-state index contributed by atoms with van der Waals surface area (Å²) in [4.78, 5) is 17.0. The first-order chi connectivity index (χ1) is 12.2. The van der Waals surface area contributed by atoms with Gasteiger partial charge in [-0.3, -0.25) is 4.79 Å². The zero-order valence-corrected chi connectivity index (χ0v) is 14.4. The first-order valence-corrected chi connectivity index (χ1v) is 8.53. The van der Waals surface area contributed by atoms with E-state index >= 15 is 0 Å². The highest BCUT2D eigenvalue weighted by molar-refractivity contribution is 8.00. The first kappa shape index (κ1) is 17.0. The van der Waals surface area contributed by atoms with Crippen LogP contribution in [0.2, 0.25) is 0 Å². The quantitative estimate of drug-likeness (QED) is 0.473. The van der Waals surface area contributed by atoms with Gasteiger partial charge in [-0.25, -0.2) is 0 Å². The average Bonchev–Trinajstić information content (AvgIpc) is 3.15. The molecule has 6 nitrogen and oxygen atoms in total. The molecule has 1 aromatic heterocycles. The van der Waals surface area contributed by atoms with Crippen LogP contribution in [0.3, 0.4) is 0 Å². The molecule has 2 aromatic carbocycles. The van der Waals surface area contributed by atoms with Crippen molar-refractivity contribution in [3.63, 3.8) is 0 Å². The van der Waals surface area contributed by atoms with E-state index in [2.05, 4.69) is 10.1 Å². The van der Waals surface area contributed by atoms with E-state index in [-0.39, 0.29) is 24.2 Å². The Morgan fingerprint density at radius 1 is 1.12 bits per heavy atom. The number of rotatable bonds is 7. The summed E-state index contributed by atoms with van der Waals surface area (Å²) in [5.41, 5.74) is 0.846. The Hall–Kier alpha value is -2.80.